The van der Waals surface area contributed by atoms with Gasteiger partial charge in [0.1, 0.15) is 6.33 Å². The van der Waals surface area contributed by atoms with Crippen LogP contribution < -0.4 is 11.2 Å². The van der Waals surface area contributed by atoms with Crippen LogP contribution in [0, 0.1) is 11.5 Å². The van der Waals surface area contributed by atoms with Crippen molar-refractivity contribution in [2.75, 3.05) is 0 Å². The van der Waals surface area contributed by atoms with E-state index in [1.807, 2.05) is 6.19 Å². The zero-order chi connectivity index (χ0) is 11.9. The first kappa shape index (κ1) is 10.2. The standard InChI is InChI=1S/C9H9N5O2/c1-3-14-8(15)6-7(12(2)9(14)16)11-5-13(6)4-10/h5H,3H2,1-2H3. The number of aryl methyl sites for hydroxylation is 1. The van der Waals surface area contributed by atoms with E-state index >= 15 is 0 Å². The van der Waals surface area contributed by atoms with Crippen LogP contribution in [0.25, 0.3) is 11.2 Å². The Morgan fingerprint density at radius 3 is 2.75 bits per heavy atom. The first-order valence-corrected chi connectivity index (χ1v) is 4.68. The van der Waals surface area contributed by atoms with Gasteiger partial charge in [-0.05, 0) is 6.92 Å². The van der Waals surface area contributed by atoms with Gasteiger partial charge in [0.05, 0.1) is 0 Å². The van der Waals surface area contributed by atoms with Gasteiger partial charge in [-0.15, -0.1) is 0 Å². The van der Waals surface area contributed by atoms with Crippen LogP contribution in [0.5, 0.6) is 0 Å². The van der Waals surface area contributed by atoms with Crippen LogP contribution in [0.15, 0.2) is 15.9 Å². The number of rotatable bonds is 1. The zero-order valence-corrected chi connectivity index (χ0v) is 8.84. The summed E-state index contributed by atoms with van der Waals surface area (Å²) < 4.78 is 3.38. The van der Waals surface area contributed by atoms with Crippen molar-refractivity contribution in [2.24, 2.45) is 7.05 Å². The lowest BCUT2D eigenvalue weighted by molar-refractivity contribution is 0.636. The molecule has 0 fully saturated rings. The van der Waals surface area contributed by atoms with E-state index in [1.165, 1.54) is 17.9 Å². The minimum Gasteiger partial charge on any atom is -0.279 e. The van der Waals surface area contributed by atoms with E-state index in [2.05, 4.69) is 4.98 Å². The normalized spacial score (nSPS) is 10.6. The Kier molecular flexibility index (Phi) is 2.12. The van der Waals surface area contributed by atoms with E-state index in [9.17, 15) is 9.59 Å². The van der Waals surface area contributed by atoms with Crippen molar-refractivity contribution >= 4 is 11.2 Å². The molecule has 0 aliphatic rings. The van der Waals surface area contributed by atoms with Crippen LogP contribution in [0.2, 0.25) is 0 Å². The molecule has 2 heterocycles. The third-order valence-corrected chi connectivity index (χ3v) is 2.46. The van der Waals surface area contributed by atoms with Crippen molar-refractivity contribution in [3.8, 4) is 6.19 Å². The topological polar surface area (TPSA) is 85.6 Å². The second-order valence-corrected chi connectivity index (χ2v) is 3.28. The summed E-state index contributed by atoms with van der Waals surface area (Å²) in [4.78, 5) is 27.5. The molecule has 0 unspecified atom stereocenters. The number of hydrogen-bond acceptors (Lipinski definition) is 4. The highest BCUT2D eigenvalue weighted by atomic mass is 16.2. The van der Waals surface area contributed by atoms with Gasteiger partial charge >= 0.3 is 5.69 Å². The molecule has 0 aliphatic carbocycles. The summed E-state index contributed by atoms with van der Waals surface area (Å²) in [5, 5.41) is 8.81. The Bertz CT molecular complexity index is 712. The van der Waals surface area contributed by atoms with Gasteiger partial charge in [-0.1, -0.05) is 0 Å². The molecule has 0 saturated heterocycles. The predicted octanol–water partition coefficient (Wildman–Crippen LogP) is -0.754. The molecular weight excluding hydrogens is 210 g/mol. The Morgan fingerprint density at radius 2 is 2.19 bits per heavy atom. The molecule has 0 aromatic carbocycles. The molecular formula is C9H9N5O2. The lowest BCUT2D eigenvalue weighted by Gasteiger charge is -2.04. The van der Waals surface area contributed by atoms with Crippen molar-refractivity contribution in [1.29, 1.82) is 5.26 Å². The minimum absolute atomic E-state index is 0.131. The molecule has 0 saturated carbocycles. The van der Waals surface area contributed by atoms with Crippen LogP contribution >= 0.6 is 0 Å². The molecule has 0 atom stereocenters. The molecule has 0 amide bonds. The maximum atomic E-state index is 11.9. The molecule has 0 radical (unpaired) electrons. The van der Waals surface area contributed by atoms with E-state index in [0.717, 1.165) is 9.13 Å². The average molecular weight is 219 g/mol. The van der Waals surface area contributed by atoms with Gasteiger partial charge < -0.3 is 0 Å². The van der Waals surface area contributed by atoms with Crippen LogP contribution in [0.4, 0.5) is 0 Å². The highest BCUT2D eigenvalue weighted by Gasteiger charge is 2.14. The Balaban J connectivity index is 3.14. The molecule has 2 aromatic heterocycles. The van der Waals surface area contributed by atoms with E-state index in [1.54, 1.807) is 6.92 Å². The Hall–Kier alpha value is -2.36. The average Bonchev–Trinajstić information content (AvgIpc) is 2.70. The van der Waals surface area contributed by atoms with Crippen molar-refractivity contribution < 1.29 is 0 Å². The smallest absolute Gasteiger partial charge is 0.279 e. The van der Waals surface area contributed by atoms with Gasteiger partial charge in [-0.3, -0.25) is 13.9 Å². The fourth-order valence-corrected chi connectivity index (χ4v) is 1.62. The highest BCUT2D eigenvalue weighted by molar-refractivity contribution is 5.70. The number of hydrogen-bond donors (Lipinski definition) is 0. The van der Waals surface area contributed by atoms with Crippen LogP contribution in [-0.2, 0) is 13.6 Å². The number of aromatic nitrogens is 4. The maximum Gasteiger partial charge on any atom is 0.332 e. The van der Waals surface area contributed by atoms with Crippen LogP contribution in [0.1, 0.15) is 6.92 Å². The molecule has 0 N–H and O–H groups in total. The summed E-state index contributed by atoms with van der Waals surface area (Å²) in [5.41, 5.74) is -0.560. The fraction of sp³-hybridized carbons (Fsp3) is 0.333. The lowest BCUT2D eigenvalue weighted by Crippen LogP contribution is -2.39. The van der Waals surface area contributed by atoms with Crippen molar-refractivity contribution in [3.05, 3.63) is 27.2 Å². The second kappa shape index (κ2) is 3.34. The lowest BCUT2D eigenvalue weighted by atomic mass is 10.5. The first-order chi connectivity index (χ1) is 7.61. The summed E-state index contributed by atoms with van der Waals surface area (Å²) in [6.07, 6.45) is 3.04. The van der Waals surface area contributed by atoms with Gasteiger partial charge in [-0.25, -0.2) is 14.3 Å². The predicted molar refractivity (Wildman–Crippen MR) is 55.9 cm³/mol. The van der Waals surface area contributed by atoms with Crippen molar-refractivity contribution in [2.45, 2.75) is 13.5 Å². The van der Waals surface area contributed by atoms with Gasteiger partial charge in [-0.2, -0.15) is 5.26 Å². The quantitative estimate of drug-likeness (QED) is 0.631. The summed E-state index contributed by atoms with van der Waals surface area (Å²) in [5.74, 6) is 0. The number of nitriles is 1. The summed E-state index contributed by atoms with van der Waals surface area (Å²) in [7, 11) is 1.52. The number of fused-ring (bicyclic) bond motifs is 1. The first-order valence-electron chi connectivity index (χ1n) is 4.68. The molecule has 0 bridgehead atoms. The molecule has 0 spiro atoms. The number of imidazole rings is 1. The van der Waals surface area contributed by atoms with E-state index in [0.29, 0.717) is 0 Å². The Labute approximate surface area is 89.8 Å². The third-order valence-electron chi connectivity index (χ3n) is 2.46. The fourth-order valence-electron chi connectivity index (χ4n) is 1.62. The summed E-state index contributed by atoms with van der Waals surface area (Å²) in [6.45, 7) is 1.96. The second-order valence-electron chi connectivity index (χ2n) is 3.28. The Morgan fingerprint density at radius 1 is 1.50 bits per heavy atom. The van der Waals surface area contributed by atoms with Gasteiger partial charge in [0.15, 0.2) is 17.4 Å². The van der Waals surface area contributed by atoms with E-state index < -0.39 is 11.2 Å². The third kappa shape index (κ3) is 1.10. The SMILES string of the molecule is CCn1c(=O)c2c(ncn2C#N)n(C)c1=O. The molecule has 16 heavy (non-hydrogen) atoms. The summed E-state index contributed by atoms with van der Waals surface area (Å²) >= 11 is 0. The minimum atomic E-state index is -0.486. The monoisotopic (exact) mass is 219 g/mol. The van der Waals surface area contributed by atoms with Crippen LogP contribution in [-0.4, -0.2) is 18.7 Å². The molecule has 82 valence electrons. The van der Waals surface area contributed by atoms with Crippen molar-refractivity contribution in [3.63, 3.8) is 0 Å². The largest absolute Gasteiger partial charge is 0.332 e. The van der Waals surface area contributed by atoms with E-state index in [4.69, 9.17) is 5.26 Å². The van der Waals surface area contributed by atoms with Gasteiger partial charge in [0.2, 0.25) is 0 Å². The number of nitrogens with zero attached hydrogens (tertiary/aromatic N) is 5. The molecule has 2 aromatic rings. The molecule has 0 aliphatic heterocycles. The summed E-state index contributed by atoms with van der Waals surface area (Å²) in [6, 6.07) is 0. The van der Waals surface area contributed by atoms with Crippen LogP contribution in [0.3, 0.4) is 0 Å². The molecule has 7 nitrogen and oxygen atoms in total. The van der Waals surface area contributed by atoms with E-state index in [-0.39, 0.29) is 17.7 Å². The molecule has 2 rings (SSSR count). The highest BCUT2D eigenvalue weighted by Crippen LogP contribution is 2.03. The van der Waals surface area contributed by atoms with Gasteiger partial charge in [0, 0.05) is 13.6 Å². The maximum absolute atomic E-state index is 11.9. The van der Waals surface area contributed by atoms with Gasteiger partial charge in [0.25, 0.3) is 5.56 Å². The molecule has 7 heteroatoms. The van der Waals surface area contributed by atoms with Crippen molar-refractivity contribution in [1.82, 2.24) is 18.7 Å². The zero-order valence-electron chi connectivity index (χ0n) is 8.84.